The monoisotopic (exact) mass is 447 g/mol. The van der Waals surface area contributed by atoms with Crippen molar-refractivity contribution in [3.63, 3.8) is 0 Å². The number of carbonyl (C=O) groups is 2. The van der Waals surface area contributed by atoms with Crippen molar-refractivity contribution in [1.82, 2.24) is 4.90 Å². The summed E-state index contributed by atoms with van der Waals surface area (Å²) in [5.41, 5.74) is 1.27. The van der Waals surface area contributed by atoms with Gasteiger partial charge in [0.15, 0.2) is 17.0 Å². The number of benzene rings is 1. The lowest BCUT2D eigenvalue weighted by atomic mass is 10.1. The van der Waals surface area contributed by atoms with Crippen molar-refractivity contribution in [1.29, 1.82) is 0 Å². The van der Waals surface area contributed by atoms with Crippen LogP contribution in [-0.4, -0.2) is 49.5 Å². The van der Waals surface area contributed by atoms with E-state index in [1.165, 1.54) is 19.3 Å². The fraction of sp³-hybridized carbons (Fsp3) is 0.400. The molecule has 2 amide bonds. The van der Waals surface area contributed by atoms with Crippen molar-refractivity contribution in [2.75, 3.05) is 43.0 Å². The van der Waals surface area contributed by atoms with Crippen LogP contribution in [0.3, 0.4) is 0 Å². The minimum atomic E-state index is -0.353. The van der Waals surface area contributed by atoms with Gasteiger partial charge in [-0.15, -0.1) is 0 Å². The maximum Gasteiger partial charge on any atom is 0.291 e. The highest BCUT2D eigenvalue weighted by Gasteiger charge is 2.26. The number of piperidine rings is 1. The third kappa shape index (κ3) is 4.23. The molecule has 0 bridgehead atoms. The standard InChI is InChI=1S/C20H22BrN3O4/c21-18-7-6-17(28-18)20(26)22-14-4-5-16-15(12-14)24(19(25)13-27-16)11-10-23-8-2-1-3-9-23/h4-7,12H,1-3,8-11,13H2,(H,22,26). The van der Waals surface area contributed by atoms with E-state index in [1.54, 1.807) is 35.2 Å². The van der Waals surface area contributed by atoms with E-state index in [0.29, 0.717) is 28.3 Å². The van der Waals surface area contributed by atoms with Crippen LogP contribution in [0.2, 0.25) is 0 Å². The lowest BCUT2D eigenvalue weighted by molar-refractivity contribution is -0.121. The minimum Gasteiger partial charge on any atom is -0.482 e. The molecule has 1 fully saturated rings. The van der Waals surface area contributed by atoms with Crippen LogP contribution < -0.4 is 15.0 Å². The van der Waals surface area contributed by atoms with Crippen LogP contribution in [-0.2, 0) is 4.79 Å². The van der Waals surface area contributed by atoms with Gasteiger partial charge in [0.2, 0.25) is 0 Å². The Kier molecular flexibility index (Phi) is 5.68. The smallest absolute Gasteiger partial charge is 0.291 e. The number of nitrogens with zero attached hydrogens (tertiary/aromatic N) is 2. The van der Waals surface area contributed by atoms with Crippen molar-refractivity contribution >= 4 is 39.1 Å². The van der Waals surface area contributed by atoms with E-state index in [0.717, 1.165) is 19.6 Å². The molecule has 0 atom stereocenters. The van der Waals surface area contributed by atoms with Gasteiger partial charge in [-0.2, -0.15) is 0 Å². The van der Waals surface area contributed by atoms with E-state index in [9.17, 15) is 9.59 Å². The van der Waals surface area contributed by atoms with Gasteiger partial charge in [-0.25, -0.2) is 0 Å². The molecule has 148 valence electrons. The SMILES string of the molecule is O=C(Nc1ccc2c(c1)N(CCN1CCCCC1)C(=O)CO2)c1ccc(Br)o1. The Balaban J connectivity index is 1.49. The number of nitrogens with one attached hydrogen (secondary N) is 1. The van der Waals surface area contributed by atoms with Crippen molar-refractivity contribution in [3.8, 4) is 5.75 Å². The largest absolute Gasteiger partial charge is 0.482 e. The molecule has 28 heavy (non-hydrogen) atoms. The second kappa shape index (κ2) is 8.36. The number of likely N-dealkylation sites (tertiary alicyclic amines) is 1. The van der Waals surface area contributed by atoms with Gasteiger partial charge in [0.1, 0.15) is 5.75 Å². The van der Waals surface area contributed by atoms with Gasteiger partial charge in [-0.3, -0.25) is 9.59 Å². The number of halogens is 1. The molecule has 2 aromatic rings. The summed E-state index contributed by atoms with van der Waals surface area (Å²) in [6.45, 7) is 3.65. The topological polar surface area (TPSA) is 75.0 Å². The summed E-state index contributed by atoms with van der Waals surface area (Å²) >= 11 is 3.19. The number of hydrogen-bond acceptors (Lipinski definition) is 5. The number of ether oxygens (including phenoxy) is 1. The number of carbonyl (C=O) groups excluding carboxylic acids is 2. The highest BCUT2D eigenvalue weighted by molar-refractivity contribution is 9.10. The average molecular weight is 448 g/mol. The molecule has 0 aliphatic carbocycles. The lowest BCUT2D eigenvalue weighted by Gasteiger charge is -2.33. The molecular formula is C20H22BrN3O4. The fourth-order valence-corrected chi connectivity index (χ4v) is 3.89. The Hall–Kier alpha value is -2.32. The highest BCUT2D eigenvalue weighted by atomic mass is 79.9. The normalized spacial score (nSPS) is 17.2. The Morgan fingerprint density at radius 2 is 1.93 bits per heavy atom. The first-order valence-electron chi connectivity index (χ1n) is 9.46. The molecule has 4 rings (SSSR count). The number of hydrogen-bond donors (Lipinski definition) is 1. The zero-order valence-electron chi connectivity index (χ0n) is 15.4. The molecule has 1 aromatic heterocycles. The summed E-state index contributed by atoms with van der Waals surface area (Å²) in [5.74, 6) is 0.437. The molecule has 0 saturated carbocycles. The molecular weight excluding hydrogens is 426 g/mol. The third-order valence-corrected chi connectivity index (χ3v) is 5.47. The second-order valence-corrected chi connectivity index (χ2v) is 7.76. The quantitative estimate of drug-likeness (QED) is 0.758. The Morgan fingerprint density at radius 1 is 1.11 bits per heavy atom. The van der Waals surface area contributed by atoms with Crippen molar-refractivity contribution in [2.24, 2.45) is 0 Å². The summed E-state index contributed by atoms with van der Waals surface area (Å²) in [4.78, 5) is 28.9. The summed E-state index contributed by atoms with van der Waals surface area (Å²) in [5, 5.41) is 2.81. The molecule has 1 N–H and O–H groups in total. The molecule has 7 nitrogen and oxygen atoms in total. The van der Waals surface area contributed by atoms with E-state index in [1.807, 2.05) is 0 Å². The van der Waals surface area contributed by atoms with Gasteiger partial charge < -0.3 is 24.3 Å². The number of furan rings is 1. The number of amides is 2. The van der Waals surface area contributed by atoms with E-state index in [2.05, 4.69) is 26.1 Å². The molecule has 0 unspecified atom stereocenters. The summed E-state index contributed by atoms with van der Waals surface area (Å²) in [6, 6.07) is 8.57. The molecule has 1 saturated heterocycles. The summed E-state index contributed by atoms with van der Waals surface area (Å²) in [6.07, 6.45) is 3.71. The first kappa shape index (κ1) is 19.0. The Labute approximate surface area is 171 Å². The Bertz CT molecular complexity index is 876. The number of fused-ring (bicyclic) bond motifs is 1. The number of anilines is 2. The molecule has 0 radical (unpaired) electrons. The second-order valence-electron chi connectivity index (χ2n) is 6.98. The van der Waals surface area contributed by atoms with Crippen molar-refractivity contribution in [3.05, 3.63) is 40.8 Å². The van der Waals surface area contributed by atoms with Crippen LogP contribution in [0.1, 0.15) is 29.8 Å². The van der Waals surface area contributed by atoms with Crippen LogP contribution in [0.5, 0.6) is 5.75 Å². The first-order chi connectivity index (χ1) is 13.6. The van der Waals surface area contributed by atoms with Gasteiger partial charge in [-0.1, -0.05) is 6.42 Å². The third-order valence-electron chi connectivity index (χ3n) is 5.05. The summed E-state index contributed by atoms with van der Waals surface area (Å²) in [7, 11) is 0. The molecule has 8 heteroatoms. The van der Waals surface area contributed by atoms with Gasteiger partial charge in [0.25, 0.3) is 11.8 Å². The van der Waals surface area contributed by atoms with Crippen LogP contribution >= 0.6 is 15.9 Å². The van der Waals surface area contributed by atoms with Crippen molar-refractivity contribution in [2.45, 2.75) is 19.3 Å². The molecule has 3 heterocycles. The zero-order valence-corrected chi connectivity index (χ0v) is 17.0. The van der Waals surface area contributed by atoms with E-state index in [-0.39, 0.29) is 24.2 Å². The molecule has 2 aliphatic rings. The molecule has 1 aromatic carbocycles. The Morgan fingerprint density at radius 3 is 2.68 bits per heavy atom. The number of rotatable bonds is 5. The van der Waals surface area contributed by atoms with E-state index in [4.69, 9.17) is 9.15 Å². The maximum atomic E-state index is 12.5. The summed E-state index contributed by atoms with van der Waals surface area (Å²) < 4.78 is 11.3. The fourth-order valence-electron chi connectivity index (χ4n) is 3.58. The first-order valence-corrected chi connectivity index (χ1v) is 10.3. The minimum absolute atomic E-state index is 0.0408. The van der Waals surface area contributed by atoms with Crippen LogP contribution in [0.15, 0.2) is 39.4 Å². The average Bonchev–Trinajstić information content (AvgIpc) is 3.14. The van der Waals surface area contributed by atoms with E-state index < -0.39 is 0 Å². The predicted octanol–water partition coefficient (Wildman–Crippen LogP) is 3.51. The highest BCUT2D eigenvalue weighted by Crippen LogP contribution is 2.34. The predicted molar refractivity (Wildman–Crippen MR) is 109 cm³/mol. The lowest BCUT2D eigenvalue weighted by Crippen LogP contribution is -2.44. The van der Waals surface area contributed by atoms with Gasteiger partial charge in [0, 0.05) is 18.8 Å². The van der Waals surface area contributed by atoms with E-state index >= 15 is 0 Å². The van der Waals surface area contributed by atoms with Gasteiger partial charge in [0.05, 0.1) is 5.69 Å². The van der Waals surface area contributed by atoms with Gasteiger partial charge in [-0.05, 0) is 72.2 Å². The molecule has 0 spiro atoms. The van der Waals surface area contributed by atoms with Crippen molar-refractivity contribution < 1.29 is 18.7 Å². The maximum absolute atomic E-state index is 12.5. The van der Waals surface area contributed by atoms with Gasteiger partial charge >= 0.3 is 0 Å². The van der Waals surface area contributed by atoms with Crippen LogP contribution in [0.25, 0.3) is 0 Å². The van der Waals surface area contributed by atoms with Crippen LogP contribution in [0.4, 0.5) is 11.4 Å². The van der Waals surface area contributed by atoms with Crippen LogP contribution in [0, 0.1) is 0 Å². The molecule has 2 aliphatic heterocycles. The zero-order chi connectivity index (χ0) is 19.5.